The molecule has 1 N–H and O–H groups in total. The third-order valence-corrected chi connectivity index (χ3v) is 9.66. The molecule has 1 unspecified atom stereocenters. The first-order valence-electron chi connectivity index (χ1n) is 15.8. The zero-order chi connectivity index (χ0) is 30.8. The summed E-state index contributed by atoms with van der Waals surface area (Å²) in [5.41, 5.74) is 2.44. The number of piperidine rings is 1. The van der Waals surface area contributed by atoms with Gasteiger partial charge in [-0.05, 0) is 87.5 Å². The average Bonchev–Trinajstić information content (AvgIpc) is 3.31. The molecule has 1 saturated heterocycles. The van der Waals surface area contributed by atoms with E-state index in [0.717, 1.165) is 47.9 Å². The van der Waals surface area contributed by atoms with Gasteiger partial charge in [0.2, 0.25) is 0 Å². The van der Waals surface area contributed by atoms with Gasteiger partial charge >= 0.3 is 18.2 Å². The first-order chi connectivity index (χ1) is 20.5. The maximum Gasteiger partial charge on any atom is 0.410 e. The minimum absolute atomic E-state index is 0.110. The van der Waals surface area contributed by atoms with E-state index < -0.39 is 29.3 Å². The molecule has 2 fully saturated rings. The molecule has 3 aliphatic rings. The zero-order valence-corrected chi connectivity index (χ0v) is 26.0. The second-order valence-electron chi connectivity index (χ2n) is 13.6. The van der Waals surface area contributed by atoms with Crippen molar-refractivity contribution in [1.29, 1.82) is 0 Å². The van der Waals surface area contributed by atoms with E-state index >= 15 is 0 Å². The maximum atomic E-state index is 14.1. The van der Waals surface area contributed by atoms with Crippen LogP contribution in [0.3, 0.4) is 0 Å². The lowest BCUT2D eigenvalue weighted by molar-refractivity contribution is -0.155. The number of carboxylic acid groups (broad SMARTS) is 1. The summed E-state index contributed by atoms with van der Waals surface area (Å²) >= 11 is 0. The molecule has 5 rings (SSSR count). The molecule has 0 radical (unpaired) electrons. The fraction of sp³-hybridized carbons (Fsp3) is 0.571. The smallest absolute Gasteiger partial charge is 0.410 e. The van der Waals surface area contributed by atoms with Gasteiger partial charge in [0.1, 0.15) is 17.7 Å². The number of benzene rings is 2. The van der Waals surface area contributed by atoms with E-state index in [1.807, 2.05) is 45.0 Å². The predicted octanol–water partition coefficient (Wildman–Crippen LogP) is 7.31. The summed E-state index contributed by atoms with van der Waals surface area (Å²) in [6.45, 7) is 8.42. The number of hydrogen-bond acceptors (Lipinski definition) is 5. The number of hydrogen-bond donors (Lipinski definition) is 1. The quantitative estimate of drug-likeness (QED) is 0.363. The van der Waals surface area contributed by atoms with Crippen LogP contribution >= 0.6 is 0 Å². The standard InChI is InChI=1S/C35H46N2O6/c1-34(2,3)43-32(40)36-20-18-25(19-21-36)35(4,31(38)39)37(22-24-12-6-5-7-13-24)33(41)42-23-30-28-16-10-8-14-26(28)27-15-9-11-17-29(27)30/h8-11,14-17,24-25,30H,5-7,12-13,18-23H2,1-4H3,(H,38,39). The monoisotopic (exact) mass is 590 g/mol. The normalized spacial score (nSPS) is 19.2. The number of rotatable bonds is 7. The Kier molecular flexibility index (Phi) is 9.04. The van der Waals surface area contributed by atoms with Crippen molar-refractivity contribution >= 4 is 18.2 Å². The number of aliphatic carboxylic acids is 1. The molecule has 0 spiro atoms. The highest BCUT2D eigenvalue weighted by Gasteiger charge is 2.51. The minimum atomic E-state index is -1.47. The Balaban J connectivity index is 1.36. The van der Waals surface area contributed by atoms with Crippen LogP contribution in [-0.2, 0) is 14.3 Å². The number of carboxylic acids is 1. The van der Waals surface area contributed by atoms with Crippen molar-refractivity contribution in [2.75, 3.05) is 26.2 Å². The first kappa shape index (κ1) is 30.9. The molecule has 2 aliphatic carbocycles. The van der Waals surface area contributed by atoms with Gasteiger partial charge in [-0.2, -0.15) is 0 Å². The van der Waals surface area contributed by atoms with Crippen molar-refractivity contribution in [1.82, 2.24) is 9.80 Å². The SMILES string of the molecule is CC(C)(C)OC(=O)N1CCC(C(C)(C(=O)O)N(CC2CCCCC2)C(=O)OCC2c3ccccc3-c3ccccc32)CC1. The molecule has 2 amide bonds. The van der Waals surface area contributed by atoms with E-state index in [-0.39, 0.29) is 24.4 Å². The predicted molar refractivity (Wildman–Crippen MR) is 165 cm³/mol. The van der Waals surface area contributed by atoms with Gasteiger partial charge in [0.05, 0.1) is 0 Å². The van der Waals surface area contributed by atoms with E-state index in [1.54, 1.807) is 11.8 Å². The Morgan fingerprint density at radius 1 is 0.860 bits per heavy atom. The molecule has 2 aromatic carbocycles. The van der Waals surface area contributed by atoms with E-state index in [2.05, 4.69) is 24.3 Å². The van der Waals surface area contributed by atoms with Crippen LogP contribution in [0.25, 0.3) is 11.1 Å². The number of carbonyl (C=O) groups is 3. The lowest BCUT2D eigenvalue weighted by Gasteiger charge is -2.47. The molecule has 232 valence electrons. The molecule has 0 aromatic heterocycles. The maximum absolute atomic E-state index is 14.1. The zero-order valence-electron chi connectivity index (χ0n) is 26.0. The van der Waals surface area contributed by atoms with Crippen LogP contribution < -0.4 is 0 Å². The Hall–Kier alpha value is -3.55. The number of nitrogens with zero attached hydrogens (tertiary/aromatic N) is 2. The van der Waals surface area contributed by atoms with Crippen molar-refractivity contribution in [3.63, 3.8) is 0 Å². The van der Waals surface area contributed by atoms with Crippen molar-refractivity contribution in [2.45, 2.75) is 89.7 Å². The summed E-state index contributed by atoms with van der Waals surface area (Å²) < 4.78 is 11.6. The number of carbonyl (C=O) groups excluding carboxylic acids is 2. The van der Waals surface area contributed by atoms with Gasteiger partial charge in [-0.1, -0.05) is 67.8 Å². The van der Waals surface area contributed by atoms with Crippen molar-refractivity contribution < 1.29 is 29.0 Å². The number of fused-ring (bicyclic) bond motifs is 3. The van der Waals surface area contributed by atoms with Crippen molar-refractivity contribution in [3.8, 4) is 11.1 Å². The molecule has 0 bridgehead atoms. The lowest BCUT2D eigenvalue weighted by atomic mass is 9.76. The topological polar surface area (TPSA) is 96.4 Å². The van der Waals surface area contributed by atoms with E-state index in [1.165, 1.54) is 11.3 Å². The van der Waals surface area contributed by atoms with E-state index in [9.17, 15) is 19.5 Å². The summed E-state index contributed by atoms with van der Waals surface area (Å²) in [5, 5.41) is 10.7. The van der Waals surface area contributed by atoms with Crippen LogP contribution in [0.1, 0.15) is 89.7 Å². The Morgan fingerprint density at radius 3 is 1.95 bits per heavy atom. The summed E-state index contributed by atoms with van der Waals surface area (Å²) in [5.74, 6) is -1.25. The van der Waals surface area contributed by atoms with Crippen LogP contribution in [0.2, 0.25) is 0 Å². The van der Waals surface area contributed by atoms with Gasteiger partial charge < -0.3 is 19.5 Å². The van der Waals surface area contributed by atoms with Crippen LogP contribution in [0.15, 0.2) is 48.5 Å². The summed E-state index contributed by atoms with van der Waals surface area (Å²) in [6.07, 6.45) is 5.23. The van der Waals surface area contributed by atoms with E-state index in [0.29, 0.717) is 32.5 Å². The van der Waals surface area contributed by atoms with E-state index in [4.69, 9.17) is 9.47 Å². The molecular formula is C35H46N2O6. The van der Waals surface area contributed by atoms with Crippen LogP contribution in [0, 0.1) is 11.8 Å². The van der Waals surface area contributed by atoms with Crippen LogP contribution in [-0.4, -0.2) is 70.4 Å². The third-order valence-electron chi connectivity index (χ3n) is 9.66. The average molecular weight is 591 g/mol. The largest absolute Gasteiger partial charge is 0.479 e. The van der Waals surface area contributed by atoms with Crippen molar-refractivity contribution in [3.05, 3.63) is 59.7 Å². The molecular weight excluding hydrogens is 544 g/mol. The summed E-state index contributed by atoms with van der Waals surface area (Å²) in [7, 11) is 0. The van der Waals surface area contributed by atoms with Crippen LogP contribution in [0.4, 0.5) is 9.59 Å². The molecule has 1 saturated carbocycles. The van der Waals surface area contributed by atoms with Gasteiger partial charge in [0.25, 0.3) is 0 Å². The fourth-order valence-corrected chi connectivity index (χ4v) is 7.21. The highest BCUT2D eigenvalue weighted by molar-refractivity contribution is 5.85. The molecule has 1 aliphatic heterocycles. The highest BCUT2D eigenvalue weighted by Crippen LogP contribution is 2.45. The van der Waals surface area contributed by atoms with Gasteiger partial charge in [0.15, 0.2) is 0 Å². The molecule has 1 heterocycles. The van der Waals surface area contributed by atoms with Gasteiger partial charge in [-0.25, -0.2) is 14.4 Å². The third kappa shape index (κ3) is 6.53. The van der Waals surface area contributed by atoms with Crippen molar-refractivity contribution in [2.24, 2.45) is 11.8 Å². The number of amides is 2. The number of likely N-dealkylation sites (tertiary alicyclic amines) is 1. The molecule has 1 atom stereocenters. The van der Waals surface area contributed by atoms with Crippen LogP contribution in [0.5, 0.6) is 0 Å². The van der Waals surface area contributed by atoms with Gasteiger partial charge in [-0.15, -0.1) is 0 Å². The first-order valence-corrected chi connectivity index (χ1v) is 15.8. The summed E-state index contributed by atoms with van der Waals surface area (Å²) in [6, 6.07) is 16.4. The fourth-order valence-electron chi connectivity index (χ4n) is 7.21. The second kappa shape index (κ2) is 12.6. The summed E-state index contributed by atoms with van der Waals surface area (Å²) in [4.78, 5) is 43.1. The minimum Gasteiger partial charge on any atom is -0.479 e. The lowest BCUT2D eigenvalue weighted by Crippen LogP contribution is -2.62. The Morgan fingerprint density at radius 2 is 1.42 bits per heavy atom. The molecule has 43 heavy (non-hydrogen) atoms. The Labute approximate surface area is 255 Å². The molecule has 8 heteroatoms. The Bertz CT molecular complexity index is 1280. The highest BCUT2D eigenvalue weighted by atomic mass is 16.6. The molecule has 8 nitrogen and oxygen atoms in total. The van der Waals surface area contributed by atoms with Gasteiger partial charge in [0, 0.05) is 25.6 Å². The molecule has 2 aromatic rings. The van der Waals surface area contributed by atoms with Gasteiger partial charge in [-0.3, -0.25) is 4.90 Å². The number of ether oxygens (including phenoxy) is 2. The second-order valence-corrected chi connectivity index (χ2v) is 13.6.